The standard InChI is InChI=1S/C20H16FN5O/c1-12-4-3-5-16(10-12)23-20(27)18-13(2)26-19(25-24-18)17(11-22-26)14-6-8-15(21)9-7-14/h3-11H,1-2H3,(H,23,27). The normalized spacial score (nSPS) is 10.9. The molecule has 0 atom stereocenters. The molecule has 2 aromatic heterocycles. The number of anilines is 1. The SMILES string of the molecule is Cc1cccc(NC(=O)c2nnc3c(-c4ccc(F)cc4)cnn3c2C)c1. The number of amides is 1. The van der Waals surface area contributed by atoms with Crippen molar-refractivity contribution in [3.05, 3.63) is 77.5 Å². The number of fused-ring (bicyclic) bond motifs is 1. The van der Waals surface area contributed by atoms with Gasteiger partial charge >= 0.3 is 0 Å². The van der Waals surface area contributed by atoms with Crippen LogP contribution in [-0.4, -0.2) is 25.7 Å². The molecule has 134 valence electrons. The molecule has 1 N–H and O–H groups in total. The van der Waals surface area contributed by atoms with Gasteiger partial charge in [-0.3, -0.25) is 4.79 Å². The van der Waals surface area contributed by atoms with Crippen LogP contribution >= 0.6 is 0 Å². The van der Waals surface area contributed by atoms with E-state index in [9.17, 15) is 9.18 Å². The Labute approximate surface area is 154 Å². The van der Waals surface area contributed by atoms with Crippen LogP contribution in [0.2, 0.25) is 0 Å². The van der Waals surface area contributed by atoms with Gasteiger partial charge in [0.25, 0.3) is 5.91 Å². The van der Waals surface area contributed by atoms with E-state index in [1.54, 1.807) is 29.8 Å². The third-order valence-electron chi connectivity index (χ3n) is 4.30. The summed E-state index contributed by atoms with van der Waals surface area (Å²) in [5.41, 5.74) is 4.49. The molecule has 6 nitrogen and oxygen atoms in total. The summed E-state index contributed by atoms with van der Waals surface area (Å²) in [7, 11) is 0. The van der Waals surface area contributed by atoms with Gasteiger partial charge in [-0.15, -0.1) is 10.2 Å². The zero-order chi connectivity index (χ0) is 19.0. The first-order chi connectivity index (χ1) is 13.0. The molecule has 4 rings (SSSR count). The molecule has 0 unspecified atom stereocenters. The van der Waals surface area contributed by atoms with Crippen molar-refractivity contribution in [1.29, 1.82) is 0 Å². The van der Waals surface area contributed by atoms with Gasteiger partial charge < -0.3 is 5.32 Å². The van der Waals surface area contributed by atoms with Crippen LogP contribution < -0.4 is 5.32 Å². The third-order valence-corrected chi connectivity index (χ3v) is 4.30. The minimum absolute atomic E-state index is 0.192. The van der Waals surface area contributed by atoms with E-state index in [-0.39, 0.29) is 17.4 Å². The Bertz CT molecular complexity index is 1150. The lowest BCUT2D eigenvalue weighted by Crippen LogP contribution is -2.18. The molecule has 0 bridgehead atoms. The van der Waals surface area contributed by atoms with Crippen molar-refractivity contribution >= 4 is 17.2 Å². The van der Waals surface area contributed by atoms with Crippen LogP contribution in [0.3, 0.4) is 0 Å². The lowest BCUT2D eigenvalue weighted by molar-refractivity contribution is 0.102. The lowest BCUT2D eigenvalue weighted by atomic mass is 10.1. The second-order valence-corrected chi connectivity index (χ2v) is 6.26. The van der Waals surface area contributed by atoms with Gasteiger partial charge in [0.2, 0.25) is 0 Å². The van der Waals surface area contributed by atoms with Crippen molar-refractivity contribution in [3.63, 3.8) is 0 Å². The first kappa shape index (κ1) is 16.8. The molecule has 27 heavy (non-hydrogen) atoms. The molecule has 2 aromatic carbocycles. The van der Waals surface area contributed by atoms with Gasteiger partial charge in [0.05, 0.1) is 11.9 Å². The molecular weight excluding hydrogens is 345 g/mol. The number of aryl methyl sites for hydroxylation is 2. The van der Waals surface area contributed by atoms with Gasteiger partial charge in [-0.1, -0.05) is 24.3 Å². The highest BCUT2D eigenvalue weighted by Gasteiger charge is 2.18. The fourth-order valence-corrected chi connectivity index (χ4v) is 2.91. The quantitative estimate of drug-likeness (QED) is 0.602. The average molecular weight is 361 g/mol. The molecule has 0 spiro atoms. The van der Waals surface area contributed by atoms with E-state index in [1.807, 2.05) is 31.2 Å². The minimum Gasteiger partial charge on any atom is -0.321 e. The highest BCUT2D eigenvalue weighted by atomic mass is 19.1. The molecule has 7 heteroatoms. The molecule has 0 saturated heterocycles. The van der Waals surface area contributed by atoms with E-state index in [1.165, 1.54) is 12.1 Å². The third kappa shape index (κ3) is 3.15. The molecule has 1 amide bonds. The average Bonchev–Trinajstić information content (AvgIpc) is 3.07. The Kier molecular flexibility index (Phi) is 4.12. The monoisotopic (exact) mass is 361 g/mol. The number of carbonyl (C=O) groups is 1. The summed E-state index contributed by atoms with van der Waals surface area (Å²) in [5, 5.41) is 15.4. The van der Waals surface area contributed by atoms with Crippen LogP contribution in [-0.2, 0) is 0 Å². The summed E-state index contributed by atoms with van der Waals surface area (Å²) in [6.07, 6.45) is 1.63. The predicted octanol–water partition coefficient (Wildman–Crippen LogP) is 3.80. The minimum atomic E-state index is -0.355. The van der Waals surface area contributed by atoms with E-state index < -0.39 is 0 Å². The van der Waals surface area contributed by atoms with Gasteiger partial charge in [0, 0.05) is 11.3 Å². The number of halogens is 1. The maximum Gasteiger partial charge on any atom is 0.278 e. The number of nitrogens with zero attached hydrogens (tertiary/aromatic N) is 4. The van der Waals surface area contributed by atoms with E-state index in [0.717, 1.165) is 16.7 Å². The van der Waals surface area contributed by atoms with Crippen molar-refractivity contribution in [1.82, 2.24) is 19.8 Å². The largest absolute Gasteiger partial charge is 0.321 e. The maximum absolute atomic E-state index is 13.2. The fraction of sp³-hybridized carbons (Fsp3) is 0.100. The van der Waals surface area contributed by atoms with Gasteiger partial charge in [0.15, 0.2) is 11.3 Å². The summed E-state index contributed by atoms with van der Waals surface area (Å²) in [4.78, 5) is 12.6. The van der Waals surface area contributed by atoms with Crippen LogP contribution in [0.1, 0.15) is 21.7 Å². The van der Waals surface area contributed by atoms with Crippen LogP contribution in [0.5, 0.6) is 0 Å². The zero-order valence-corrected chi connectivity index (χ0v) is 14.8. The molecule has 2 heterocycles. The van der Waals surface area contributed by atoms with Gasteiger partial charge in [-0.25, -0.2) is 8.91 Å². The van der Waals surface area contributed by atoms with Crippen LogP contribution in [0.15, 0.2) is 54.7 Å². The second kappa shape index (κ2) is 6.60. The number of hydrogen-bond donors (Lipinski definition) is 1. The Morgan fingerprint density at radius 3 is 2.59 bits per heavy atom. The summed E-state index contributed by atoms with van der Waals surface area (Å²) < 4.78 is 14.7. The molecule has 0 aliphatic rings. The fourth-order valence-electron chi connectivity index (χ4n) is 2.91. The molecule has 0 saturated carbocycles. The van der Waals surface area contributed by atoms with Crippen LogP contribution in [0, 0.1) is 19.7 Å². The summed E-state index contributed by atoms with van der Waals surface area (Å²) >= 11 is 0. The summed E-state index contributed by atoms with van der Waals surface area (Å²) in [6, 6.07) is 13.6. The number of carbonyl (C=O) groups excluding carboxylic acids is 1. The molecule has 0 aliphatic heterocycles. The van der Waals surface area contributed by atoms with Crippen molar-refractivity contribution in [3.8, 4) is 11.1 Å². The van der Waals surface area contributed by atoms with Gasteiger partial charge in [-0.2, -0.15) is 5.10 Å². The van der Waals surface area contributed by atoms with Crippen LogP contribution in [0.25, 0.3) is 16.8 Å². The predicted molar refractivity (Wildman–Crippen MR) is 100 cm³/mol. The summed E-state index contributed by atoms with van der Waals surface area (Å²) in [5.74, 6) is -0.668. The summed E-state index contributed by atoms with van der Waals surface area (Å²) in [6.45, 7) is 3.71. The highest BCUT2D eigenvalue weighted by molar-refractivity contribution is 6.03. The Hall–Kier alpha value is -3.61. The highest BCUT2D eigenvalue weighted by Crippen LogP contribution is 2.24. The van der Waals surface area contributed by atoms with Gasteiger partial charge in [0.1, 0.15) is 5.82 Å². The van der Waals surface area contributed by atoms with Crippen LogP contribution in [0.4, 0.5) is 10.1 Å². The van der Waals surface area contributed by atoms with E-state index in [4.69, 9.17) is 0 Å². The first-order valence-corrected chi connectivity index (χ1v) is 8.38. The second-order valence-electron chi connectivity index (χ2n) is 6.26. The molecule has 0 fully saturated rings. The Balaban J connectivity index is 1.70. The molecule has 0 radical (unpaired) electrons. The lowest BCUT2D eigenvalue weighted by Gasteiger charge is -2.08. The van der Waals surface area contributed by atoms with Crippen molar-refractivity contribution < 1.29 is 9.18 Å². The van der Waals surface area contributed by atoms with E-state index in [2.05, 4.69) is 20.6 Å². The molecular formula is C20H16FN5O. The van der Waals surface area contributed by atoms with Gasteiger partial charge in [-0.05, 0) is 49.2 Å². The number of nitrogens with one attached hydrogen (secondary N) is 1. The topological polar surface area (TPSA) is 72.2 Å². The maximum atomic E-state index is 13.2. The number of benzene rings is 2. The smallest absolute Gasteiger partial charge is 0.278 e. The van der Waals surface area contributed by atoms with E-state index in [0.29, 0.717) is 17.0 Å². The number of rotatable bonds is 3. The molecule has 4 aromatic rings. The number of hydrogen-bond acceptors (Lipinski definition) is 4. The van der Waals surface area contributed by atoms with Crippen molar-refractivity contribution in [2.24, 2.45) is 0 Å². The van der Waals surface area contributed by atoms with Crippen molar-refractivity contribution in [2.45, 2.75) is 13.8 Å². The Morgan fingerprint density at radius 2 is 1.85 bits per heavy atom. The zero-order valence-electron chi connectivity index (χ0n) is 14.8. The number of aromatic nitrogens is 4. The first-order valence-electron chi connectivity index (χ1n) is 8.38. The van der Waals surface area contributed by atoms with E-state index >= 15 is 0 Å². The van der Waals surface area contributed by atoms with Crippen molar-refractivity contribution in [2.75, 3.05) is 5.32 Å². The molecule has 0 aliphatic carbocycles. The Morgan fingerprint density at radius 1 is 1.07 bits per heavy atom.